The van der Waals surface area contributed by atoms with Gasteiger partial charge >= 0.3 is 0 Å². The molecule has 6 rings (SSSR count). The highest BCUT2D eigenvalue weighted by Crippen LogP contribution is 2.60. The van der Waals surface area contributed by atoms with Crippen molar-refractivity contribution in [3.05, 3.63) is 58.6 Å². The minimum Gasteiger partial charge on any atom is -0.394 e. The maximum absolute atomic E-state index is 16.2. The number of hydrogen-bond donors (Lipinski definition) is 6. The number of aliphatic hydroxyl groups is 5. The fourth-order valence-electron chi connectivity index (χ4n) is 8.24. The summed E-state index contributed by atoms with van der Waals surface area (Å²) in [5.41, 5.74) is -0.528. The topological polar surface area (TPSA) is 189 Å². The Bertz CT molecular complexity index is 1650. The van der Waals surface area contributed by atoms with Crippen LogP contribution in [-0.2, 0) is 36.0 Å². The highest BCUT2D eigenvalue weighted by molar-refractivity contribution is 6.72. The van der Waals surface area contributed by atoms with E-state index in [1.165, 1.54) is 4.90 Å². The Labute approximate surface area is 294 Å². The van der Waals surface area contributed by atoms with E-state index < -0.39 is 74.1 Å². The normalized spacial score (nSPS) is 34.0. The zero-order valence-corrected chi connectivity index (χ0v) is 29.7. The molecule has 3 amide bonds. The van der Waals surface area contributed by atoms with Gasteiger partial charge in [0.2, 0.25) is 14.3 Å². The molecule has 0 saturated carbocycles. The third-order valence-corrected chi connectivity index (χ3v) is 13.3. The summed E-state index contributed by atoms with van der Waals surface area (Å²) in [6, 6.07) is 11.2. The van der Waals surface area contributed by atoms with Crippen LogP contribution in [0.25, 0.3) is 0 Å². The average molecular weight is 736 g/mol. The second kappa shape index (κ2) is 13.9. The predicted molar refractivity (Wildman–Crippen MR) is 181 cm³/mol. The van der Waals surface area contributed by atoms with E-state index in [0.717, 1.165) is 6.42 Å². The number of carbonyl (C=O) groups excluding carboxylic acids is 3. The van der Waals surface area contributed by atoms with Crippen LogP contribution >= 0.6 is 11.6 Å². The van der Waals surface area contributed by atoms with E-state index in [0.29, 0.717) is 34.8 Å². The number of nitrogens with one attached hydrogen (secondary N) is 1. The highest BCUT2D eigenvalue weighted by atomic mass is 35.5. The first-order chi connectivity index (χ1) is 23.6. The van der Waals surface area contributed by atoms with Crippen LogP contribution in [0.1, 0.15) is 37.3 Å². The number of hydrogen-bond acceptors (Lipinski definition) is 10. The SMILES string of the molecule is C[C@@H]1[C@@H]([Si](C)(C)F)[C@H](CC(=O)N2CCC[C@H]2CO)O[C@@]12C(=O)N(Cc1cccc(NC(=O)[C@H]3O[C@@H](O)[C@H](O)[C@@H](O)[C@@H]3O)c1)c1ccc(Cl)cc12. The van der Waals surface area contributed by atoms with Crippen molar-refractivity contribution in [3.63, 3.8) is 0 Å². The molecule has 0 radical (unpaired) electrons. The lowest BCUT2D eigenvalue weighted by molar-refractivity contribution is -0.274. The van der Waals surface area contributed by atoms with Crippen LogP contribution in [0, 0.1) is 5.92 Å². The van der Waals surface area contributed by atoms with E-state index >= 15 is 4.11 Å². The van der Waals surface area contributed by atoms with Crippen LogP contribution in [0.2, 0.25) is 23.7 Å². The number of fused-ring (bicyclic) bond motifs is 2. The van der Waals surface area contributed by atoms with Crippen LogP contribution < -0.4 is 10.2 Å². The lowest BCUT2D eigenvalue weighted by atomic mass is 9.82. The number of likely N-dealkylation sites (tertiary alicyclic amines) is 1. The molecule has 16 heteroatoms. The molecule has 50 heavy (non-hydrogen) atoms. The van der Waals surface area contributed by atoms with Crippen molar-refractivity contribution in [2.75, 3.05) is 23.4 Å². The maximum atomic E-state index is 16.2. The van der Waals surface area contributed by atoms with E-state index in [9.17, 15) is 39.9 Å². The molecule has 0 unspecified atom stereocenters. The first-order valence-electron chi connectivity index (χ1n) is 16.7. The summed E-state index contributed by atoms with van der Waals surface area (Å²) in [5, 5.41) is 52.6. The molecule has 10 atom stereocenters. The van der Waals surface area contributed by atoms with E-state index in [-0.39, 0.29) is 37.2 Å². The van der Waals surface area contributed by atoms with E-state index in [4.69, 9.17) is 21.1 Å². The fourth-order valence-corrected chi connectivity index (χ4v) is 10.9. The number of nitrogens with zero attached hydrogens (tertiary/aromatic N) is 2. The summed E-state index contributed by atoms with van der Waals surface area (Å²) in [6.07, 6.45) is -8.58. The highest BCUT2D eigenvalue weighted by Gasteiger charge is 2.67. The Morgan fingerprint density at radius 1 is 1.10 bits per heavy atom. The number of benzene rings is 2. The number of ether oxygens (including phenoxy) is 2. The van der Waals surface area contributed by atoms with E-state index in [1.54, 1.807) is 67.4 Å². The average Bonchev–Trinajstić information content (AvgIpc) is 3.72. The van der Waals surface area contributed by atoms with Gasteiger partial charge in [-0.1, -0.05) is 30.7 Å². The Morgan fingerprint density at radius 2 is 1.84 bits per heavy atom. The Kier molecular flexibility index (Phi) is 10.2. The van der Waals surface area contributed by atoms with Gasteiger partial charge in [-0.2, -0.15) is 0 Å². The third-order valence-electron chi connectivity index (χ3n) is 10.6. The smallest absolute Gasteiger partial charge is 0.264 e. The molecule has 6 N–H and O–H groups in total. The molecule has 0 aliphatic carbocycles. The number of aliphatic hydroxyl groups excluding tert-OH is 5. The van der Waals surface area contributed by atoms with Gasteiger partial charge in [0.1, 0.15) is 18.3 Å². The number of amides is 3. The van der Waals surface area contributed by atoms with Gasteiger partial charge < -0.3 is 54.2 Å². The Hall–Kier alpha value is -2.99. The zero-order valence-electron chi connectivity index (χ0n) is 27.9. The standard InChI is InChI=1S/C34H43ClFN3O10Si/c1-17-30(50(2,3)36)24(14-25(41)38-11-5-8-21(38)16-40)49-34(17)22-13-19(35)9-10-23(22)39(33(34)47)15-18-6-4-7-20(12-18)37-31(45)29-27(43)26(42)28(44)32(46)48-29/h4,6-7,9-10,12-13,17,21,24,26-30,32,40,42-44,46H,5,8,11,14-16H2,1-3H3,(H,37,45)/t17-,21+,24+,26+,27+,28-,29+,30-,32-,34+/m1/s1. The van der Waals surface area contributed by atoms with Gasteiger partial charge in [0.25, 0.3) is 11.8 Å². The van der Waals surface area contributed by atoms with Gasteiger partial charge in [-0.3, -0.25) is 14.4 Å². The molecular weight excluding hydrogens is 693 g/mol. The number of carbonyl (C=O) groups is 3. The van der Waals surface area contributed by atoms with E-state index in [2.05, 4.69) is 5.32 Å². The van der Waals surface area contributed by atoms with Gasteiger partial charge in [0, 0.05) is 34.3 Å². The minimum atomic E-state index is -3.55. The first-order valence-corrected chi connectivity index (χ1v) is 20.1. The van der Waals surface area contributed by atoms with Gasteiger partial charge in [-0.05, 0) is 61.8 Å². The molecule has 3 saturated heterocycles. The summed E-state index contributed by atoms with van der Waals surface area (Å²) in [5.74, 6) is -2.24. The minimum absolute atomic E-state index is 0.0118. The Morgan fingerprint density at radius 3 is 2.54 bits per heavy atom. The molecule has 1 spiro atoms. The molecule has 0 aromatic heterocycles. The quantitative estimate of drug-likeness (QED) is 0.172. The Balaban J connectivity index is 1.27. The molecular formula is C34H43ClFN3O10Si. The lowest BCUT2D eigenvalue weighted by Crippen LogP contribution is -2.60. The summed E-state index contributed by atoms with van der Waals surface area (Å²) in [7, 11) is -3.55. The lowest BCUT2D eigenvalue weighted by Gasteiger charge is -2.37. The molecule has 4 aliphatic heterocycles. The summed E-state index contributed by atoms with van der Waals surface area (Å²) < 4.78 is 28.0. The molecule has 2 aromatic carbocycles. The molecule has 4 heterocycles. The van der Waals surface area contributed by atoms with Gasteiger partial charge in [0.05, 0.1) is 37.4 Å². The van der Waals surface area contributed by atoms with Crippen LogP contribution in [0.15, 0.2) is 42.5 Å². The summed E-state index contributed by atoms with van der Waals surface area (Å²) in [6.45, 7) is 5.23. The molecule has 13 nitrogen and oxygen atoms in total. The maximum Gasteiger partial charge on any atom is 0.264 e. The van der Waals surface area contributed by atoms with Crippen LogP contribution in [0.5, 0.6) is 0 Å². The van der Waals surface area contributed by atoms with Gasteiger partial charge in [0.15, 0.2) is 18.0 Å². The second-order valence-electron chi connectivity index (χ2n) is 14.2. The molecule has 272 valence electrons. The molecule has 2 aromatic rings. The molecule has 0 bridgehead atoms. The number of halogens is 2. The van der Waals surface area contributed by atoms with Crippen LogP contribution in [0.4, 0.5) is 15.5 Å². The largest absolute Gasteiger partial charge is 0.394 e. The summed E-state index contributed by atoms with van der Waals surface area (Å²) >= 11 is 6.47. The van der Waals surface area contributed by atoms with E-state index in [1.807, 2.05) is 0 Å². The predicted octanol–water partition coefficient (Wildman–Crippen LogP) is 1.77. The van der Waals surface area contributed by atoms with Crippen LogP contribution in [-0.4, -0.2) is 113 Å². The molecule has 3 fully saturated rings. The zero-order chi connectivity index (χ0) is 36.3. The van der Waals surface area contributed by atoms with Crippen LogP contribution in [0.3, 0.4) is 0 Å². The monoisotopic (exact) mass is 735 g/mol. The van der Waals surface area contributed by atoms with Crippen molar-refractivity contribution in [2.24, 2.45) is 5.92 Å². The van der Waals surface area contributed by atoms with Crippen molar-refractivity contribution < 1.29 is 53.5 Å². The molecule has 4 aliphatic rings. The van der Waals surface area contributed by atoms with Crippen molar-refractivity contribution in [1.82, 2.24) is 4.90 Å². The number of anilines is 2. The van der Waals surface area contributed by atoms with Crippen molar-refractivity contribution >= 4 is 49.1 Å². The number of rotatable bonds is 8. The van der Waals surface area contributed by atoms with Crippen molar-refractivity contribution in [3.8, 4) is 0 Å². The van der Waals surface area contributed by atoms with Gasteiger partial charge in [-0.15, -0.1) is 0 Å². The van der Waals surface area contributed by atoms with Crippen molar-refractivity contribution in [1.29, 1.82) is 0 Å². The summed E-state index contributed by atoms with van der Waals surface area (Å²) in [4.78, 5) is 44.3. The third kappa shape index (κ3) is 6.37. The fraction of sp³-hybridized carbons (Fsp3) is 0.559. The van der Waals surface area contributed by atoms with Crippen molar-refractivity contribution in [2.45, 2.75) is 99.8 Å². The first kappa shape index (κ1) is 36.8. The second-order valence-corrected chi connectivity index (χ2v) is 18.4. The van der Waals surface area contributed by atoms with Gasteiger partial charge in [-0.25, -0.2) is 0 Å².